The molecule has 2 N–H and O–H groups in total. The van der Waals surface area contributed by atoms with Crippen LogP contribution in [0.15, 0.2) is 22.8 Å². The summed E-state index contributed by atoms with van der Waals surface area (Å²) in [5.41, 5.74) is 0. The Morgan fingerprint density at radius 3 is 2.40 bits per heavy atom. The highest BCUT2D eigenvalue weighted by molar-refractivity contribution is 5.77. The number of carbonyl (C=O) groups is 2. The van der Waals surface area contributed by atoms with Gasteiger partial charge >= 0.3 is 5.97 Å². The lowest BCUT2D eigenvalue weighted by Crippen LogP contribution is -2.50. The summed E-state index contributed by atoms with van der Waals surface area (Å²) < 4.78 is 5.13. The summed E-state index contributed by atoms with van der Waals surface area (Å²) in [6.45, 7) is 3.57. The third-order valence-corrected chi connectivity index (χ3v) is 3.23. The molecular weight excluding hydrogens is 262 g/mol. The predicted molar refractivity (Wildman–Crippen MR) is 71.1 cm³/mol. The molecule has 1 aromatic heterocycles. The normalized spacial score (nSPS) is 17.0. The van der Waals surface area contributed by atoms with E-state index in [9.17, 15) is 9.59 Å². The number of rotatable bonds is 6. The van der Waals surface area contributed by atoms with Crippen LogP contribution in [0.3, 0.4) is 0 Å². The number of nitrogens with zero attached hydrogens (tertiary/aromatic N) is 2. The first-order chi connectivity index (χ1) is 9.63. The predicted octanol–water partition coefficient (Wildman–Crippen LogP) is -0.402. The van der Waals surface area contributed by atoms with Crippen molar-refractivity contribution in [2.45, 2.75) is 6.54 Å². The summed E-state index contributed by atoms with van der Waals surface area (Å²) >= 11 is 0. The van der Waals surface area contributed by atoms with Crippen LogP contribution in [0.4, 0.5) is 0 Å². The number of nitrogens with one attached hydrogen (secondary N) is 1. The second kappa shape index (κ2) is 7.06. The van der Waals surface area contributed by atoms with Crippen molar-refractivity contribution in [1.29, 1.82) is 0 Å². The van der Waals surface area contributed by atoms with Crippen LogP contribution in [0, 0.1) is 0 Å². The van der Waals surface area contributed by atoms with Crippen LogP contribution in [0.5, 0.6) is 0 Å². The lowest BCUT2D eigenvalue weighted by molar-refractivity contribution is -0.139. The molecule has 1 amide bonds. The van der Waals surface area contributed by atoms with Crippen molar-refractivity contribution in [3.05, 3.63) is 24.2 Å². The van der Waals surface area contributed by atoms with E-state index in [2.05, 4.69) is 5.32 Å². The summed E-state index contributed by atoms with van der Waals surface area (Å²) in [5.74, 6) is -0.132. The Kier molecular flexibility index (Phi) is 5.14. The third kappa shape index (κ3) is 4.67. The number of carbonyl (C=O) groups excluding carboxylic acids is 1. The Labute approximate surface area is 117 Å². The highest BCUT2D eigenvalue weighted by Crippen LogP contribution is 2.02. The number of carboxylic acids is 1. The smallest absolute Gasteiger partial charge is 0.317 e. The molecular formula is C13H19N3O4. The lowest BCUT2D eigenvalue weighted by atomic mass is 10.3. The molecule has 0 radical (unpaired) electrons. The summed E-state index contributed by atoms with van der Waals surface area (Å²) in [5, 5.41) is 11.5. The fourth-order valence-corrected chi connectivity index (χ4v) is 2.15. The van der Waals surface area contributed by atoms with Crippen molar-refractivity contribution in [1.82, 2.24) is 15.1 Å². The maximum atomic E-state index is 11.8. The van der Waals surface area contributed by atoms with Crippen molar-refractivity contribution in [3.63, 3.8) is 0 Å². The first-order valence-electron chi connectivity index (χ1n) is 6.59. The van der Waals surface area contributed by atoms with E-state index < -0.39 is 5.97 Å². The minimum absolute atomic E-state index is 0.0481. The largest absolute Gasteiger partial charge is 0.480 e. The van der Waals surface area contributed by atoms with E-state index >= 15 is 0 Å². The molecule has 0 atom stereocenters. The molecule has 0 saturated carbocycles. The number of aliphatic carboxylic acids is 1. The average Bonchev–Trinajstić information content (AvgIpc) is 2.91. The summed E-state index contributed by atoms with van der Waals surface area (Å²) in [6, 6.07) is 3.59. The summed E-state index contributed by atoms with van der Waals surface area (Å²) in [7, 11) is 0. The highest BCUT2D eigenvalue weighted by Gasteiger charge is 2.20. The quantitative estimate of drug-likeness (QED) is 0.738. The van der Waals surface area contributed by atoms with Gasteiger partial charge in [-0.2, -0.15) is 0 Å². The van der Waals surface area contributed by atoms with Gasteiger partial charge in [-0.15, -0.1) is 0 Å². The zero-order chi connectivity index (χ0) is 14.4. The number of hydrogen-bond acceptors (Lipinski definition) is 5. The van der Waals surface area contributed by atoms with Crippen LogP contribution in [-0.2, 0) is 16.1 Å². The van der Waals surface area contributed by atoms with Gasteiger partial charge in [0.25, 0.3) is 0 Å². The fraction of sp³-hybridized carbons (Fsp3) is 0.538. The van der Waals surface area contributed by atoms with Crippen molar-refractivity contribution >= 4 is 11.9 Å². The zero-order valence-corrected chi connectivity index (χ0v) is 11.2. The molecule has 20 heavy (non-hydrogen) atoms. The minimum Gasteiger partial charge on any atom is -0.480 e. The van der Waals surface area contributed by atoms with Gasteiger partial charge < -0.3 is 14.8 Å². The first-order valence-corrected chi connectivity index (χ1v) is 6.59. The maximum Gasteiger partial charge on any atom is 0.317 e. The average molecular weight is 281 g/mol. The molecule has 1 aliphatic heterocycles. The SMILES string of the molecule is O=C(O)CN1CCN(CC(=O)NCc2ccco2)CC1. The monoisotopic (exact) mass is 281 g/mol. The molecule has 1 fully saturated rings. The van der Waals surface area contributed by atoms with Crippen LogP contribution in [0.2, 0.25) is 0 Å². The Bertz CT molecular complexity index is 438. The number of carboxylic acid groups (broad SMARTS) is 1. The number of amides is 1. The molecule has 7 nitrogen and oxygen atoms in total. The zero-order valence-electron chi connectivity index (χ0n) is 11.2. The standard InChI is InChI=1S/C13H19N3O4/c17-12(14-8-11-2-1-7-20-11)9-15-3-5-16(6-4-15)10-13(18)19/h1-2,7H,3-6,8-10H2,(H,14,17)(H,18,19). The van der Waals surface area contributed by atoms with Gasteiger partial charge in [0.15, 0.2) is 0 Å². The Morgan fingerprint density at radius 1 is 1.20 bits per heavy atom. The fourth-order valence-electron chi connectivity index (χ4n) is 2.15. The highest BCUT2D eigenvalue weighted by atomic mass is 16.4. The number of furan rings is 1. The van der Waals surface area contributed by atoms with Gasteiger partial charge in [0.2, 0.25) is 5.91 Å². The van der Waals surface area contributed by atoms with Crippen LogP contribution in [-0.4, -0.2) is 66.1 Å². The van der Waals surface area contributed by atoms with Crippen molar-refractivity contribution < 1.29 is 19.1 Å². The molecule has 2 heterocycles. The lowest BCUT2D eigenvalue weighted by Gasteiger charge is -2.33. The van der Waals surface area contributed by atoms with Gasteiger partial charge in [-0.05, 0) is 12.1 Å². The molecule has 110 valence electrons. The molecule has 0 bridgehead atoms. The molecule has 0 spiro atoms. The topological polar surface area (TPSA) is 86.0 Å². The second-order valence-electron chi connectivity index (χ2n) is 4.80. The molecule has 0 unspecified atom stereocenters. The molecule has 2 rings (SSSR count). The van der Waals surface area contributed by atoms with E-state index in [0.717, 1.165) is 5.76 Å². The minimum atomic E-state index is -0.811. The molecule has 0 aromatic carbocycles. The summed E-state index contributed by atoms with van der Waals surface area (Å²) in [6.07, 6.45) is 1.57. The third-order valence-electron chi connectivity index (χ3n) is 3.23. The van der Waals surface area contributed by atoms with Gasteiger partial charge in [-0.3, -0.25) is 19.4 Å². The van der Waals surface area contributed by atoms with Gasteiger partial charge in [0.1, 0.15) is 5.76 Å². The molecule has 7 heteroatoms. The maximum absolute atomic E-state index is 11.8. The van der Waals surface area contributed by atoms with Gasteiger partial charge in [0.05, 0.1) is 25.9 Å². The van der Waals surface area contributed by atoms with Gasteiger partial charge in [-0.25, -0.2) is 0 Å². The summed E-state index contributed by atoms with van der Waals surface area (Å²) in [4.78, 5) is 26.3. The first kappa shape index (κ1) is 14.5. The van der Waals surface area contributed by atoms with Crippen LogP contribution in [0.1, 0.15) is 5.76 Å². The van der Waals surface area contributed by atoms with Crippen LogP contribution in [0.25, 0.3) is 0 Å². The number of piperazine rings is 1. The van der Waals surface area contributed by atoms with Gasteiger partial charge in [0, 0.05) is 26.2 Å². The van der Waals surface area contributed by atoms with Crippen molar-refractivity contribution in [3.8, 4) is 0 Å². The van der Waals surface area contributed by atoms with E-state index in [1.165, 1.54) is 0 Å². The van der Waals surface area contributed by atoms with Crippen molar-refractivity contribution in [2.24, 2.45) is 0 Å². The molecule has 1 aromatic rings. The van der Waals surface area contributed by atoms with E-state index in [0.29, 0.717) is 39.3 Å². The Hall–Kier alpha value is -1.86. The number of hydrogen-bond donors (Lipinski definition) is 2. The van der Waals surface area contributed by atoms with E-state index in [-0.39, 0.29) is 12.5 Å². The van der Waals surface area contributed by atoms with E-state index in [1.54, 1.807) is 12.3 Å². The van der Waals surface area contributed by atoms with Crippen molar-refractivity contribution in [2.75, 3.05) is 39.3 Å². The molecule has 1 aliphatic rings. The molecule has 1 saturated heterocycles. The Morgan fingerprint density at radius 2 is 1.85 bits per heavy atom. The molecule has 0 aliphatic carbocycles. The van der Waals surface area contributed by atoms with Crippen LogP contribution < -0.4 is 5.32 Å². The van der Waals surface area contributed by atoms with Gasteiger partial charge in [-0.1, -0.05) is 0 Å². The Balaban J connectivity index is 1.64. The van der Waals surface area contributed by atoms with Crippen LogP contribution >= 0.6 is 0 Å². The van der Waals surface area contributed by atoms with E-state index in [1.807, 2.05) is 15.9 Å². The second-order valence-corrected chi connectivity index (χ2v) is 4.80. The van der Waals surface area contributed by atoms with E-state index in [4.69, 9.17) is 9.52 Å².